The van der Waals surface area contributed by atoms with Crippen molar-refractivity contribution in [3.8, 4) is 11.5 Å². The van der Waals surface area contributed by atoms with E-state index in [2.05, 4.69) is 136 Å². The zero-order valence-corrected chi connectivity index (χ0v) is 46.5. The second kappa shape index (κ2) is 31.7. The van der Waals surface area contributed by atoms with Crippen molar-refractivity contribution in [1.82, 2.24) is 47.6 Å². The van der Waals surface area contributed by atoms with E-state index < -0.39 is 28.2 Å². The van der Waals surface area contributed by atoms with Gasteiger partial charge in [0.25, 0.3) is 5.43 Å². The number of hydrazone groups is 1. The maximum Gasteiger partial charge on any atom is 0.267 e. The normalized spacial score (nSPS) is 13.9. The molecule has 0 bridgehead atoms. The number of hydrogen-bond acceptors (Lipinski definition) is 20. The molecular formula is C52H79F2N13O8. The number of aryl methyl sites for hydroxylation is 1. The first-order valence-corrected chi connectivity index (χ1v) is 24.3. The molecule has 414 valence electrons. The Hall–Kier alpha value is -7.85. The number of phenolic OH excluding ortho intramolecular Hbond substituents is 1. The number of phenols is 1. The van der Waals surface area contributed by atoms with Crippen LogP contribution in [-0.2, 0) is 14.4 Å². The average Bonchev–Trinajstić information content (AvgIpc) is 4.20. The molecule has 4 aromatic rings. The largest absolute Gasteiger partial charge is 0.504 e. The third-order valence-electron chi connectivity index (χ3n) is 9.72. The fraction of sp³-hybridized carbons (Fsp3) is 0.481. The molecule has 0 atom stereocenters. The minimum Gasteiger partial charge on any atom is -0.504 e. The number of halogens is 2. The number of nitrogens with one attached hydrogen (secondary N) is 6. The van der Waals surface area contributed by atoms with Crippen molar-refractivity contribution in [3.63, 3.8) is 0 Å². The molecule has 2 aromatic carbocycles. The molecule has 4 aliphatic heterocycles. The molecule has 23 heteroatoms. The lowest BCUT2D eigenvalue weighted by Gasteiger charge is -2.07. The zero-order valence-electron chi connectivity index (χ0n) is 46.5. The Morgan fingerprint density at radius 2 is 1.17 bits per heavy atom. The summed E-state index contributed by atoms with van der Waals surface area (Å²) in [7, 11) is 0. The Balaban J connectivity index is 0.000000430. The van der Waals surface area contributed by atoms with E-state index in [4.69, 9.17) is 29.1 Å². The highest BCUT2D eigenvalue weighted by molar-refractivity contribution is 5.86. The predicted molar refractivity (Wildman–Crippen MR) is 290 cm³/mol. The molecule has 21 nitrogen and oxygen atoms in total. The molecule has 0 unspecified atom stereocenters. The van der Waals surface area contributed by atoms with Gasteiger partial charge in [0, 0.05) is 35.7 Å². The Labute approximate surface area is 439 Å². The van der Waals surface area contributed by atoms with Crippen LogP contribution in [0.25, 0.3) is 0 Å². The Kier molecular flexibility index (Phi) is 27.5. The van der Waals surface area contributed by atoms with E-state index in [1.165, 1.54) is 12.4 Å². The molecule has 4 aliphatic rings. The number of ether oxygens (including phenoxy) is 1. The number of rotatable bonds is 8. The number of aliphatic imine (C=N–C) groups is 3. The molecule has 2 aromatic heterocycles. The summed E-state index contributed by atoms with van der Waals surface area (Å²) < 4.78 is 35.5. The summed E-state index contributed by atoms with van der Waals surface area (Å²) in [4.78, 5) is 46.6. The van der Waals surface area contributed by atoms with Gasteiger partial charge < -0.3 is 29.1 Å². The number of nitrogens with zero attached hydrogens (tertiary/aromatic N) is 7. The molecular weight excluding hydrogens is 973 g/mol. The molecule has 8 rings (SSSR count). The van der Waals surface area contributed by atoms with Gasteiger partial charge in [0.15, 0.2) is 23.1 Å². The molecule has 0 spiro atoms. The molecule has 0 radical (unpaired) electrons. The van der Waals surface area contributed by atoms with Crippen LogP contribution < -0.4 is 38.1 Å². The molecule has 0 saturated heterocycles. The number of hydrazine groups is 1. The van der Waals surface area contributed by atoms with Crippen LogP contribution in [0.1, 0.15) is 163 Å². The summed E-state index contributed by atoms with van der Waals surface area (Å²) in [5.41, 5.74) is 14.0. The van der Waals surface area contributed by atoms with Crippen molar-refractivity contribution in [2.75, 3.05) is 0 Å². The van der Waals surface area contributed by atoms with Gasteiger partial charge >= 0.3 is 0 Å². The highest BCUT2D eigenvalue weighted by Gasteiger charge is 2.22. The van der Waals surface area contributed by atoms with Crippen molar-refractivity contribution in [3.05, 3.63) is 135 Å². The summed E-state index contributed by atoms with van der Waals surface area (Å²) in [6.07, 6.45) is 1.52. The fourth-order valence-electron chi connectivity index (χ4n) is 5.31. The SMILES string of the molecule is C=C1N=C(C(C)C)NN1.C=C1N=C(C(C)C)NO1.C=C1N=C(C(C)C)NO1.C=C1NN=C(C(C)C)O1.CC(C)c1c(O)c(=O)c1=O.CC(C)c1ccc(F)c(O)c1F.CC(C)c1ncn[nH]1.Cc1cc(C(C)C)no1. The third kappa shape index (κ3) is 22.8. The van der Waals surface area contributed by atoms with Gasteiger partial charge in [0.2, 0.25) is 29.0 Å². The first-order valence-electron chi connectivity index (χ1n) is 24.3. The van der Waals surface area contributed by atoms with E-state index in [-0.39, 0.29) is 23.1 Å². The van der Waals surface area contributed by atoms with Gasteiger partial charge in [-0.1, -0.05) is 129 Å². The fourth-order valence-corrected chi connectivity index (χ4v) is 5.31. The Morgan fingerprint density at radius 3 is 1.41 bits per heavy atom. The molecule has 0 fully saturated rings. The van der Waals surface area contributed by atoms with Gasteiger partial charge in [-0.25, -0.2) is 35.1 Å². The van der Waals surface area contributed by atoms with E-state index >= 15 is 0 Å². The second-order valence-corrected chi connectivity index (χ2v) is 19.2. The molecule has 75 heavy (non-hydrogen) atoms. The topological polar surface area (TPSA) is 279 Å². The lowest BCUT2D eigenvalue weighted by molar-refractivity contribution is 0.176. The highest BCUT2D eigenvalue weighted by atomic mass is 19.1. The number of aromatic amines is 1. The van der Waals surface area contributed by atoms with Crippen molar-refractivity contribution < 1.29 is 37.9 Å². The van der Waals surface area contributed by atoms with Gasteiger partial charge in [-0.15, -0.1) is 5.10 Å². The number of aromatic hydroxyl groups is 2. The standard InChI is InChI=1S/C9H10F2O.C7H11NO.C7H8O3.C6H11N3.3C6H10N2O.C5H9N3/c1-5(2)6-3-4-7(10)9(12)8(6)11;1-5(2)7-4-6(3)9-8-7;1-3(2)4-5(8)7(10)6(4)9;1-4(2)6-7-5(3)8-9-6;1-4(2)6-8-7-5(3)9-6;2*1-4(2)6-7-5(3)9-8-6;1-4(2)5-6-3-7-8-5/h3-5,12H,1-2H3;4-5H,1-3H3;3,8H,1-2H3;4,8H,3H2,1-2H3,(H,7,9);4,7H,3H2,1-2H3;2*4H,3H2,1-2H3,(H,7,8);3-4H,1-2H3,(H,6,7,8). The van der Waals surface area contributed by atoms with Crippen LogP contribution in [0.2, 0.25) is 0 Å². The minimum absolute atomic E-state index is 0.0507. The number of amidine groups is 3. The van der Waals surface area contributed by atoms with E-state index in [1.54, 1.807) is 27.7 Å². The minimum atomic E-state index is -0.920. The molecule has 8 N–H and O–H groups in total. The average molecular weight is 1050 g/mol. The molecule has 0 aliphatic carbocycles. The number of H-pyrrole nitrogens is 1. The zero-order chi connectivity index (χ0) is 57.4. The van der Waals surface area contributed by atoms with E-state index in [1.807, 2.05) is 54.5 Å². The highest BCUT2D eigenvalue weighted by Crippen LogP contribution is 2.27. The van der Waals surface area contributed by atoms with Crippen LogP contribution >= 0.6 is 0 Å². The molecule has 0 amide bonds. The third-order valence-corrected chi connectivity index (χ3v) is 9.72. The molecule has 0 saturated carbocycles. The van der Waals surface area contributed by atoms with E-state index in [0.717, 1.165) is 40.9 Å². The predicted octanol–water partition coefficient (Wildman–Crippen LogP) is 9.70. The number of hydroxylamine groups is 2. The Morgan fingerprint density at radius 1 is 0.627 bits per heavy atom. The summed E-state index contributed by atoms with van der Waals surface area (Å²) in [6, 6.07) is 4.37. The first kappa shape index (κ1) is 65.2. The lowest BCUT2D eigenvalue weighted by Crippen LogP contribution is -2.34. The summed E-state index contributed by atoms with van der Waals surface area (Å²) >= 11 is 0. The van der Waals surface area contributed by atoms with Crippen LogP contribution in [0.5, 0.6) is 11.5 Å². The van der Waals surface area contributed by atoms with E-state index in [9.17, 15) is 18.4 Å². The smallest absolute Gasteiger partial charge is 0.267 e. The lowest BCUT2D eigenvalue weighted by atomic mass is 9.98. The van der Waals surface area contributed by atoms with Gasteiger partial charge in [0.1, 0.15) is 41.2 Å². The number of hydrogen-bond donors (Lipinski definition) is 8. The van der Waals surface area contributed by atoms with Crippen molar-refractivity contribution >= 4 is 23.4 Å². The van der Waals surface area contributed by atoms with Gasteiger partial charge in [0.05, 0.1) is 11.3 Å². The van der Waals surface area contributed by atoms with Gasteiger partial charge in [-0.3, -0.25) is 25.5 Å². The monoisotopic (exact) mass is 1050 g/mol. The number of benzene rings is 1. The Bertz CT molecular complexity index is 2580. The van der Waals surface area contributed by atoms with Crippen LogP contribution in [0.4, 0.5) is 8.78 Å². The van der Waals surface area contributed by atoms with Gasteiger partial charge in [-0.2, -0.15) is 15.1 Å². The van der Waals surface area contributed by atoms with Crippen molar-refractivity contribution in [1.29, 1.82) is 0 Å². The summed E-state index contributed by atoms with van der Waals surface area (Å²) in [6.45, 7) is 47.8. The summed E-state index contributed by atoms with van der Waals surface area (Å²) in [5, 5.41) is 31.9. The molecule has 6 heterocycles. The number of aromatic nitrogens is 4. The first-order chi connectivity index (χ1) is 34.9. The maximum absolute atomic E-state index is 13.0. The maximum atomic E-state index is 13.0. The van der Waals surface area contributed by atoms with Crippen LogP contribution in [0.15, 0.2) is 109 Å². The van der Waals surface area contributed by atoms with Crippen LogP contribution in [0, 0.1) is 42.2 Å². The van der Waals surface area contributed by atoms with E-state index in [0.29, 0.717) is 70.4 Å². The van der Waals surface area contributed by atoms with Gasteiger partial charge in [-0.05, 0) is 56.0 Å². The van der Waals surface area contributed by atoms with Crippen molar-refractivity contribution in [2.24, 2.45) is 43.8 Å². The van der Waals surface area contributed by atoms with Crippen LogP contribution in [0.3, 0.4) is 0 Å². The van der Waals surface area contributed by atoms with Crippen molar-refractivity contribution in [2.45, 2.75) is 141 Å². The second-order valence-electron chi connectivity index (χ2n) is 19.2. The van der Waals surface area contributed by atoms with Crippen LogP contribution in [-0.4, -0.2) is 54.0 Å². The quantitative estimate of drug-likeness (QED) is 0.0762. The summed E-state index contributed by atoms with van der Waals surface area (Å²) in [5.74, 6) is 6.63.